The molecule has 83 heavy (non-hydrogen) atoms. The van der Waals surface area contributed by atoms with Gasteiger partial charge in [0.15, 0.2) is 11.3 Å². The molecule has 0 bridgehead atoms. The molecule has 2 amide bonds. The Balaban J connectivity index is 0.000000182. The summed E-state index contributed by atoms with van der Waals surface area (Å²) in [5.74, 6) is -0.761. The summed E-state index contributed by atoms with van der Waals surface area (Å²) in [6.45, 7) is 8.03. The number of benzene rings is 3. The van der Waals surface area contributed by atoms with Crippen LogP contribution in [0.4, 0.5) is 22.0 Å². The predicted molar refractivity (Wildman–Crippen MR) is 319 cm³/mol. The molecule has 29 heteroatoms. The van der Waals surface area contributed by atoms with Crippen molar-refractivity contribution in [3.8, 4) is 0 Å². The van der Waals surface area contributed by atoms with Crippen molar-refractivity contribution in [3.63, 3.8) is 0 Å². The Hall–Kier alpha value is -6.55. The summed E-state index contributed by atoms with van der Waals surface area (Å²) in [4.78, 5) is 51.8. The second-order valence-corrected chi connectivity index (χ2v) is 25.0. The van der Waals surface area contributed by atoms with Crippen LogP contribution in [0.3, 0.4) is 0 Å². The second-order valence-electron chi connectivity index (χ2n) is 20.2. The number of aliphatic hydroxyl groups is 2. The fourth-order valence-corrected chi connectivity index (χ4v) is 11.2. The van der Waals surface area contributed by atoms with E-state index in [-0.39, 0.29) is 82.8 Å². The number of ether oxygens (including phenoxy) is 1. The molecule has 0 radical (unpaired) electrons. The van der Waals surface area contributed by atoms with Crippen LogP contribution in [0.25, 0.3) is 11.3 Å². The number of aryl methyl sites for hydroxylation is 2. The highest BCUT2D eigenvalue weighted by molar-refractivity contribution is 7.92. The summed E-state index contributed by atoms with van der Waals surface area (Å²) < 4.78 is 59.2. The molecular weight excluding hydrogens is 1200 g/mol. The van der Waals surface area contributed by atoms with Crippen LogP contribution in [-0.4, -0.2) is 153 Å². The Bertz CT molecular complexity index is 3680. The van der Waals surface area contributed by atoms with E-state index in [4.69, 9.17) is 59.8 Å². The molecule has 23 nitrogen and oxygen atoms in total. The van der Waals surface area contributed by atoms with Crippen LogP contribution in [0.1, 0.15) is 99.7 Å². The third-order valence-electron chi connectivity index (χ3n) is 13.6. The zero-order valence-electron chi connectivity index (χ0n) is 45.7. The van der Waals surface area contributed by atoms with E-state index in [1.165, 1.54) is 30.3 Å². The van der Waals surface area contributed by atoms with Crippen molar-refractivity contribution in [2.75, 3.05) is 66.1 Å². The third kappa shape index (κ3) is 17.1. The van der Waals surface area contributed by atoms with Gasteiger partial charge in [-0.15, -0.1) is 12.4 Å². The van der Waals surface area contributed by atoms with Crippen molar-refractivity contribution in [2.45, 2.75) is 83.3 Å². The van der Waals surface area contributed by atoms with E-state index in [0.29, 0.717) is 47.6 Å². The van der Waals surface area contributed by atoms with Gasteiger partial charge in [0.05, 0.1) is 70.7 Å². The number of carboxylic acid groups (broad SMARTS) is 1. The maximum absolute atomic E-state index is 13.7. The molecular formula is C54H64Cl4N12O11S2. The van der Waals surface area contributed by atoms with Gasteiger partial charge in [0.1, 0.15) is 17.6 Å². The van der Waals surface area contributed by atoms with Crippen molar-refractivity contribution in [2.24, 2.45) is 0 Å². The van der Waals surface area contributed by atoms with Crippen LogP contribution in [0.5, 0.6) is 0 Å². The number of hydrogen-bond acceptors (Lipinski definition) is 16. The highest BCUT2D eigenvalue weighted by atomic mass is 35.5. The predicted octanol–water partition coefficient (Wildman–Crippen LogP) is 7.95. The van der Waals surface area contributed by atoms with Crippen LogP contribution in [0.15, 0.2) is 91.0 Å². The first-order valence-electron chi connectivity index (χ1n) is 26.2. The highest BCUT2D eigenvalue weighted by Gasteiger charge is 2.34. The first kappa shape index (κ1) is 64.0. The smallest absolute Gasteiger partial charge is 0.410 e. The molecule has 7 aromatic rings. The lowest BCUT2D eigenvalue weighted by Gasteiger charge is -2.36. The van der Waals surface area contributed by atoms with Gasteiger partial charge in [-0.05, 0) is 100 Å². The minimum Gasteiger partial charge on any atom is -0.478 e. The average molecular weight is 1260 g/mol. The number of nitrogens with zero attached hydrogens (tertiary/aromatic N) is 9. The molecule has 446 valence electrons. The molecule has 2 atom stereocenters. The summed E-state index contributed by atoms with van der Waals surface area (Å²) in [6.07, 6.45) is 6.68. The topological polar surface area (TPSA) is 296 Å². The largest absolute Gasteiger partial charge is 0.478 e. The molecule has 4 aliphatic rings. The number of nitrogens with one attached hydrogen (secondary N) is 3. The first-order chi connectivity index (χ1) is 38.9. The van der Waals surface area contributed by atoms with Gasteiger partial charge in [0.2, 0.25) is 20.0 Å². The molecule has 0 aliphatic carbocycles. The highest BCUT2D eigenvalue weighted by Crippen LogP contribution is 2.36. The van der Waals surface area contributed by atoms with Gasteiger partial charge in [0, 0.05) is 78.9 Å². The van der Waals surface area contributed by atoms with E-state index in [1.807, 2.05) is 67.3 Å². The van der Waals surface area contributed by atoms with Gasteiger partial charge in [-0.3, -0.25) is 19.1 Å². The minimum atomic E-state index is -3.58. The van der Waals surface area contributed by atoms with Crippen LogP contribution in [0, 0.1) is 13.8 Å². The van der Waals surface area contributed by atoms with E-state index in [0.717, 1.165) is 98.3 Å². The molecule has 0 saturated carbocycles. The number of piperidine rings is 2. The number of aromatic nitrogens is 6. The average Bonchev–Trinajstić information content (AvgIpc) is 3.02. The summed E-state index contributed by atoms with van der Waals surface area (Å²) in [5, 5.41) is 40.2. The molecule has 4 aliphatic heterocycles. The summed E-state index contributed by atoms with van der Waals surface area (Å²) in [7, 11) is -7.09. The van der Waals surface area contributed by atoms with E-state index in [2.05, 4.69) is 24.8 Å². The lowest BCUT2D eigenvalue weighted by atomic mass is 9.98. The van der Waals surface area contributed by atoms with Crippen molar-refractivity contribution in [1.82, 2.24) is 44.3 Å². The maximum Gasteiger partial charge on any atom is 0.410 e. The Morgan fingerprint density at radius 2 is 1.18 bits per heavy atom. The molecule has 0 unspecified atom stereocenters. The van der Waals surface area contributed by atoms with Crippen LogP contribution >= 0.6 is 47.2 Å². The van der Waals surface area contributed by atoms with Crippen LogP contribution < -0.4 is 19.7 Å². The number of fused-ring (bicyclic) bond motifs is 2. The normalized spacial score (nSPS) is 17.2. The number of likely N-dealkylation sites (tertiary alicyclic amines) is 2. The van der Waals surface area contributed by atoms with E-state index in [9.17, 15) is 36.3 Å². The number of aliphatic hydroxyl groups excluding tert-OH is 2. The number of hydrogen-bond donors (Lipinski definition) is 6. The zero-order chi connectivity index (χ0) is 59.0. The number of halogens is 4. The lowest BCUT2D eigenvalue weighted by molar-refractivity contribution is 0.0605. The van der Waals surface area contributed by atoms with Crippen molar-refractivity contribution >= 4 is 114 Å². The number of sulfonamides is 2. The van der Waals surface area contributed by atoms with E-state index >= 15 is 0 Å². The van der Waals surface area contributed by atoms with Gasteiger partial charge in [-0.2, -0.15) is 10.2 Å². The molecule has 6 N–H and O–H groups in total. The number of amides is 2. The molecule has 4 saturated heterocycles. The summed E-state index contributed by atoms with van der Waals surface area (Å²) in [6, 6.07) is 25.3. The fourth-order valence-electron chi connectivity index (χ4n) is 9.49. The second kappa shape index (κ2) is 27.9. The number of β-amino-alcohol motifs (C(OH)–C–C–N with tert-alkyl or cyclic N) is 2. The monoisotopic (exact) mass is 1260 g/mol. The SMILES string of the molecule is CS(=O)(=O)Nc1ccc(Cl)cc1C(=O)O.Cc1cc(Cl)nc2cc([C@@H]3CCCCN3C(=O)OCc3ccccc3)nn12.Cc1cc(N2CC(O)C2)nc2cc([C@@H]3CCCCN3C(=O)c3cc(Cl)ccc3NS(C)(=O)=O)nn12.Cl.OC1CNC1. The molecule has 11 rings (SSSR count). The molecule has 4 fully saturated rings. The molecule has 4 aromatic heterocycles. The number of anilines is 3. The van der Waals surface area contributed by atoms with Gasteiger partial charge < -0.3 is 35.2 Å². The zero-order valence-corrected chi connectivity index (χ0v) is 50.4. The summed E-state index contributed by atoms with van der Waals surface area (Å²) in [5.41, 5.74) is 5.91. The number of aromatic carboxylic acids is 1. The van der Waals surface area contributed by atoms with Gasteiger partial charge in [0.25, 0.3) is 5.91 Å². The quantitative estimate of drug-likeness (QED) is 0.0670. The minimum absolute atomic E-state index is 0. The first-order valence-corrected chi connectivity index (χ1v) is 31.1. The van der Waals surface area contributed by atoms with Crippen molar-refractivity contribution < 1.29 is 51.3 Å². The van der Waals surface area contributed by atoms with Crippen LogP contribution in [0.2, 0.25) is 15.2 Å². The van der Waals surface area contributed by atoms with Crippen LogP contribution in [-0.2, 0) is 31.4 Å². The number of carbonyl (C=O) groups excluding carboxylic acids is 2. The number of carbonyl (C=O) groups is 3. The van der Waals surface area contributed by atoms with Crippen molar-refractivity contribution in [1.29, 1.82) is 0 Å². The standard InChI is InChI=1S/C23H27ClN6O4S.C20H21ClN4O2.C8H8ClNO4S.C3H7NO.ClH/c1-14-9-21(28-12-16(31)13-28)25-22-11-19(26-30(14)22)20-5-3-4-8-29(20)23(32)17-10-15(24)6-7-18(17)27-35(2,33)34;1-14-11-18(21)22-19-12-16(23-25(14)19)17-9-5-6-10-24(17)20(26)27-13-15-7-3-2-4-8-15;1-15(13,14)10-7-3-2-5(9)4-6(7)8(11)12;5-3-1-4-2-3;/h6-7,9-11,16,20,27,31H,3-5,8,12-13H2,1-2H3;2-4,7-8,11-12,17H,5-6,9-10,13H2,1H3;2-4,10H,1H3,(H,11,12);3-5H,1-2H2;1H/t20-;17-;;;/m00.../s1. The molecule has 8 heterocycles. The van der Waals surface area contributed by atoms with Gasteiger partial charge in [-0.25, -0.2) is 45.4 Å². The Kier molecular flexibility index (Phi) is 21.5. The van der Waals surface area contributed by atoms with Gasteiger partial charge in [-0.1, -0.05) is 65.1 Å². The molecule has 0 spiro atoms. The van der Waals surface area contributed by atoms with Gasteiger partial charge >= 0.3 is 12.1 Å². The third-order valence-corrected chi connectivity index (χ3v) is 15.4. The molecule has 3 aromatic carbocycles. The van der Waals surface area contributed by atoms with E-state index in [1.54, 1.807) is 31.0 Å². The van der Waals surface area contributed by atoms with Crippen molar-refractivity contribution in [3.05, 3.63) is 146 Å². The fraction of sp³-hybridized carbons (Fsp3) is 0.389. The summed E-state index contributed by atoms with van der Waals surface area (Å²) >= 11 is 17.8. The maximum atomic E-state index is 13.7. The van der Waals surface area contributed by atoms with E-state index < -0.39 is 26.0 Å². The lowest BCUT2D eigenvalue weighted by Crippen LogP contribution is -2.51. The number of carboxylic acids is 1. The Morgan fingerprint density at radius 3 is 1.70 bits per heavy atom. The Morgan fingerprint density at radius 1 is 0.675 bits per heavy atom. The Labute approximate surface area is 501 Å². The number of rotatable bonds is 11.